The van der Waals surface area contributed by atoms with Gasteiger partial charge in [-0.2, -0.15) is 0 Å². The molecule has 3 rings (SSSR count). The number of rotatable bonds is 8. The van der Waals surface area contributed by atoms with Gasteiger partial charge < -0.3 is 14.8 Å². The molecule has 1 unspecified atom stereocenters. The Balaban J connectivity index is 1.80. The SMILES string of the molecule is CCN1C(=O)C(CC(=O)Nc2cccc(C)c2)N(NC(=O)c2cc(OC)cc(OC)c2)C1=S. The lowest BCUT2D eigenvalue weighted by Crippen LogP contribution is -2.49. The number of hydrazine groups is 1. The van der Waals surface area contributed by atoms with Crippen LogP contribution in [0.3, 0.4) is 0 Å². The van der Waals surface area contributed by atoms with E-state index in [-0.39, 0.29) is 28.9 Å². The molecule has 1 fully saturated rings. The number of hydrogen-bond donors (Lipinski definition) is 2. The number of anilines is 1. The van der Waals surface area contributed by atoms with E-state index in [2.05, 4.69) is 10.7 Å². The fourth-order valence-corrected chi connectivity index (χ4v) is 3.86. The quantitative estimate of drug-likeness (QED) is 0.572. The first-order chi connectivity index (χ1) is 15.8. The van der Waals surface area contributed by atoms with Crippen molar-refractivity contribution in [1.29, 1.82) is 0 Å². The molecule has 1 heterocycles. The molecular formula is C23H26N4O5S. The maximum Gasteiger partial charge on any atom is 0.270 e. The van der Waals surface area contributed by atoms with Crippen molar-refractivity contribution in [2.45, 2.75) is 26.3 Å². The zero-order chi connectivity index (χ0) is 24.1. The van der Waals surface area contributed by atoms with Crippen molar-refractivity contribution in [3.63, 3.8) is 0 Å². The Morgan fingerprint density at radius 1 is 1.09 bits per heavy atom. The van der Waals surface area contributed by atoms with E-state index in [9.17, 15) is 14.4 Å². The molecule has 2 aromatic carbocycles. The summed E-state index contributed by atoms with van der Waals surface area (Å²) in [4.78, 5) is 40.0. The van der Waals surface area contributed by atoms with Gasteiger partial charge in [-0.15, -0.1) is 0 Å². The Bertz CT molecular complexity index is 1070. The third-order valence-corrected chi connectivity index (χ3v) is 5.55. The molecule has 2 N–H and O–H groups in total. The molecule has 3 amide bonds. The van der Waals surface area contributed by atoms with Gasteiger partial charge in [-0.25, -0.2) is 5.01 Å². The van der Waals surface area contributed by atoms with Crippen LogP contribution in [-0.4, -0.2) is 59.5 Å². The Labute approximate surface area is 197 Å². The van der Waals surface area contributed by atoms with Gasteiger partial charge in [0.2, 0.25) is 5.91 Å². The highest BCUT2D eigenvalue weighted by molar-refractivity contribution is 7.80. The Morgan fingerprint density at radius 3 is 2.33 bits per heavy atom. The fourth-order valence-electron chi connectivity index (χ4n) is 3.47. The van der Waals surface area contributed by atoms with Crippen LogP contribution >= 0.6 is 12.2 Å². The number of aryl methyl sites for hydroxylation is 1. The molecule has 10 heteroatoms. The average molecular weight is 471 g/mol. The van der Waals surface area contributed by atoms with E-state index in [4.69, 9.17) is 21.7 Å². The van der Waals surface area contributed by atoms with E-state index in [0.29, 0.717) is 23.7 Å². The first-order valence-corrected chi connectivity index (χ1v) is 10.7. The minimum atomic E-state index is -0.973. The first kappa shape index (κ1) is 24.0. The molecule has 2 aromatic rings. The number of carbonyl (C=O) groups excluding carboxylic acids is 3. The number of nitrogens with zero attached hydrogens (tertiary/aromatic N) is 2. The summed E-state index contributed by atoms with van der Waals surface area (Å²) in [5.41, 5.74) is 4.54. The van der Waals surface area contributed by atoms with Crippen molar-refractivity contribution in [1.82, 2.24) is 15.3 Å². The zero-order valence-corrected chi connectivity index (χ0v) is 19.7. The molecule has 1 aliphatic rings. The third-order valence-electron chi connectivity index (χ3n) is 5.13. The lowest BCUT2D eigenvalue weighted by Gasteiger charge is -2.24. The summed E-state index contributed by atoms with van der Waals surface area (Å²) in [5.74, 6) is -0.385. The van der Waals surface area contributed by atoms with Crippen LogP contribution < -0.4 is 20.2 Å². The predicted molar refractivity (Wildman–Crippen MR) is 127 cm³/mol. The smallest absolute Gasteiger partial charge is 0.270 e. The van der Waals surface area contributed by atoms with E-state index in [1.807, 2.05) is 25.1 Å². The van der Waals surface area contributed by atoms with E-state index in [0.717, 1.165) is 5.56 Å². The van der Waals surface area contributed by atoms with Crippen LogP contribution in [0.4, 0.5) is 5.69 Å². The number of carbonyl (C=O) groups is 3. The number of amides is 3. The van der Waals surface area contributed by atoms with Crippen LogP contribution in [0.25, 0.3) is 0 Å². The molecule has 174 valence electrons. The molecule has 0 saturated carbocycles. The molecule has 1 atom stereocenters. The molecule has 1 aliphatic heterocycles. The van der Waals surface area contributed by atoms with E-state index in [1.165, 1.54) is 36.3 Å². The lowest BCUT2D eigenvalue weighted by atomic mass is 10.1. The van der Waals surface area contributed by atoms with Crippen LogP contribution in [0.2, 0.25) is 0 Å². The largest absolute Gasteiger partial charge is 0.497 e. The van der Waals surface area contributed by atoms with Crippen LogP contribution in [0.5, 0.6) is 11.5 Å². The molecule has 0 radical (unpaired) electrons. The van der Waals surface area contributed by atoms with E-state index < -0.39 is 11.9 Å². The number of ether oxygens (including phenoxy) is 2. The van der Waals surface area contributed by atoms with Gasteiger partial charge >= 0.3 is 0 Å². The van der Waals surface area contributed by atoms with Gasteiger partial charge in [-0.3, -0.25) is 24.7 Å². The molecule has 33 heavy (non-hydrogen) atoms. The highest BCUT2D eigenvalue weighted by atomic mass is 32.1. The second kappa shape index (κ2) is 10.3. The topological polar surface area (TPSA) is 100 Å². The van der Waals surface area contributed by atoms with Crippen molar-refractivity contribution in [3.8, 4) is 11.5 Å². The normalized spacial score (nSPS) is 15.5. The summed E-state index contributed by atoms with van der Waals surface area (Å²) in [6, 6.07) is 11.1. The Hall–Kier alpha value is -3.66. The third kappa shape index (κ3) is 5.40. The van der Waals surface area contributed by atoms with Crippen molar-refractivity contribution in [2.24, 2.45) is 0 Å². The van der Waals surface area contributed by atoms with E-state index >= 15 is 0 Å². The van der Waals surface area contributed by atoms with Gasteiger partial charge in [0.25, 0.3) is 11.8 Å². The summed E-state index contributed by atoms with van der Waals surface area (Å²) in [5, 5.41) is 4.18. The predicted octanol–water partition coefficient (Wildman–Crippen LogP) is 2.50. The highest BCUT2D eigenvalue weighted by Gasteiger charge is 2.44. The molecule has 0 spiro atoms. The molecule has 1 saturated heterocycles. The van der Waals surface area contributed by atoms with Gasteiger partial charge in [0.1, 0.15) is 17.5 Å². The Kier molecular flexibility index (Phi) is 7.49. The van der Waals surface area contributed by atoms with Crippen molar-refractivity contribution >= 4 is 40.7 Å². The van der Waals surface area contributed by atoms with Crippen molar-refractivity contribution in [3.05, 3.63) is 53.6 Å². The lowest BCUT2D eigenvalue weighted by molar-refractivity contribution is -0.130. The zero-order valence-electron chi connectivity index (χ0n) is 18.9. The molecule has 0 aliphatic carbocycles. The standard InChI is InChI=1S/C23H26N4O5S/c1-5-26-22(30)19(13-20(28)24-16-8-6-7-14(2)9-16)27(23(26)33)25-21(29)15-10-17(31-3)12-18(11-15)32-4/h6-12,19H,5,13H2,1-4H3,(H,24,28)(H,25,29). The maximum atomic E-state index is 13.0. The van der Waals surface area contributed by atoms with Crippen molar-refractivity contribution in [2.75, 3.05) is 26.1 Å². The maximum absolute atomic E-state index is 13.0. The summed E-state index contributed by atoms with van der Waals surface area (Å²) in [6.07, 6.45) is -0.189. The second-order valence-electron chi connectivity index (χ2n) is 7.41. The van der Waals surface area contributed by atoms with Gasteiger partial charge in [0.05, 0.1) is 20.6 Å². The number of hydrogen-bond acceptors (Lipinski definition) is 6. The number of nitrogens with one attached hydrogen (secondary N) is 2. The number of likely N-dealkylation sites (N-methyl/N-ethyl adjacent to an activating group) is 1. The average Bonchev–Trinajstić information content (AvgIpc) is 3.01. The summed E-state index contributed by atoms with van der Waals surface area (Å²) < 4.78 is 10.4. The molecule has 0 aromatic heterocycles. The minimum absolute atomic E-state index is 0.124. The number of thiocarbonyl (C=S) groups is 1. The van der Waals surface area contributed by atoms with Crippen LogP contribution in [-0.2, 0) is 9.59 Å². The minimum Gasteiger partial charge on any atom is -0.497 e. The number of methoxy groups -OCH3 is 2. The first-order valence-electron chi connectivity index (χ1n) is 10.3. The van der Waals surface area contributed by atoms with Crippen molar-refractivity contribution < 1.29 is 23.9 Å². The molecular weight excluding hydrogens is 444 g/mol. The summed E-state index contributed by atoms with van der Waals surface area (Å²) in [6.45, 7) is 4.00. The monoisotopic (exact) mass is 470 g/mol. The number of benzene rings is 2. The fraction of sp³-hybridized carbons (Fsp3) is 0.304. The summed E-state index contributed by atoms with van der Waals surface area (Å²) >= 11 is 5.42. The van der Waals surface area contributed by atoms with Gasteiger partial charge in [0.15, 0.2) is 5.11 Å². The van der Waals surface area contributed by atoms with Gasteiger partial charge in [-0.1, -0.05) is 12.1 Å². The van der Waals surface area contributed by atoms with Gasteiger partial charge in [0, 0.05) is 23.9 Å². The second-order valence-corrected chi connectivity index (χ2v) is 7.78. The highest BCUT2D eigenvalue weighted by Crippen LogP contribution is 2.24. The molecule has 9 nitrogen and oxygen atoms in total. The summed E-state index contributed by atoms with van der Waals surface area (Å²) in [7, 11) is 2.96. The van der Waals surface area contributed by atoms with Crippen LogP contribution in [0.1, 0.15) is 29.3 Å². The van der Waals surface area contributed by atoms with Gasteiger partial charge in [-0.05, 0) is 55.9 Å². The van der Waals surface area contributed by atoms with Crippen LogP contribution in [0.15, 0.2) is 42.5 Å². The van der Waals surface area contributed by atoms with Crippen LogP contribution in [0, 0.1) is 6.92 Å². The Morgan fingerprint density at radius 2 is 1.76 bits per heavy atom. The molecule has 0 bridgehead atoms. The van der Waals surface area contributed by atoms with E-state index in [1.54, 1.807) is 19.1 Å².